The van der Waals surface area contributed by atoms with E-state index in [-0.39, 0.29) is 11.9 Å². The third-order valence-electron chi connectivity index (χ3n) is 7.90. The molecule has 1 fully saturated rings. The molecule has 4 N–H and O–H groups in total. The standard InChI is InChI=1S/C25H20N6.C8H14N2O/c26-23-20(7-4-12-28-23)24-30-22-14-18(21-8-1-2-11-27-21)15-29-25(22)31(24)19-10-9-16-5-3-6-17(16)13-19;1-2-8(11)10-5-3-7(9)4-6-10/h1-2,4,7-15H,3,5-6H2,(H2,26,28);2,7H,1,3-6,9H2. The van der Waals surface area contributed by atoms with Gasteiger partial charge in [-0.05, 0) is 91.8 Å². The molecule has 5 heterocycles. The zero-order valence-corrected chi connectivity index (χ0v) is 23.5. The van der Waals surface area contributed by atoms with Crippen LogP contribution < -0.4 is 11.5 Å². The predicted molar refractivity (Wildman–Crippen MR) is 166 cm³/mol. The van der Waals surface area contributed by atoms with Gasteiger partial charge in [0.15, 0.2) is 11.5 Å². The maximum absolute atomic E-state index is 11.0. The van der Waals surface area contributed by atoms with Gasteiger partial charge in [0.1, 0.15) is 11.3 Å². The first-order chi connectivity index (χ1) is 20.5. The number of anilines is 1. The van der Waals surface area contributed by atoms with E-state index in [9.17, 15) is 4.79 Å². The molecule has 0 spiro atoms. The van der Waals surface area contributed by atoms with Crippen LogP contribution in [0.15, 0.2) is 85.8 Å². The molecular weight excluding hydrogens is 524 g/mol. The van der Waals surface area contributed by atoms with Crippen molar-refractivity contribution < 1.29 is 4.79 Å². The highest BCUT2D eigenvalue weighted by molar-refractivity contribution is 5.87. The zero-order chi connectivity index (χ0) is 29.1. The van der Waals surface area contributed by atoms with E-state index in [0.29, 0.717) is 5.82 Å². The molecule has 0 radical (unpaired) electrons. The normalized spacial score (nSPS) is 14.7. The Kier molecular flexibility index (Phi) is 7.74. The van der Waals surface area contributed by atoms with Gasteiger partial charge >= 0.3 is 0 Å². The van der Waals surface area contributed by atoms with E-state index < -0.39 is 0 Å². The van der Waals surface area contributed by atoms with Crippen molar-refractivity contribution >= 4 is 22.9 Å². The number of carbonyl (C=O) groups is 1. The lowest BCUT2D eigenvalue weighted by Gasteiger charge is -2.29. The Balaban J connectivity index is 0.000000244. The van der Waals surface area contributed by atoms with Crippen LogP contribution in [-0.4, -0.2) is 54.4 Å². The van der Waals surface area contributed by atoms with Crippen molar-refractivity contribution in [3.8, 4) is 28.3 Å². The van der Waals surface area contributed by atoms with E-state index in [2.05, 4.69) is 39.3 Å². The summed E-state index contributed by atoms with van der Waals surface area (Å²) in [6.07, 6.45) is 12.0. The predicted octanol–water partition coefficient (Wildman–Crippen LogP) is 4.74. The summed E-state index contributed by atoms with van der Waals surface area (Å²) in [4.78, 5) is 31.3. The summed E-state index contributed by atoms with van der Waals surface area (Å²) < 4.78 is 2.09. The maximum atomic E-state index is 11.0. The molecule has 0 unspecified atom stereocenters. The number of nitrogens with zero attached hydrogens (tertiary/aromatic N) is 6. The molecule has 1 aliphatic heterocycles. The van der Waals surface area contributed by atoms with Crippen LogP contribution >= 0.6 is 0 Å². The van der Waals surface area contributed by atoms with Gasteiger partial charge in [-0.1, -0.05) is 18.7 Å². The van der Waals surface area contributed by atoms with Crippen molar-refractivity contribution in [2.45, 2.75) is 38.1 Å². The topological polar surface area (TPSA) is 129 Å². The zero-order valence-electron chi connectivity index (χ0n) is 23.5. The minimum absolute atomic E-state index is 0.0249. The van der Waals surface area contributed by atoms with Crippen LogP contribution in [0.3, 0.4) is 0 Å². The van der Waals surface area contributed by atoms with Crippen LogP contribution in [-0.2, 0) is 17.6 Å². The number of aromatic nitrogens is 5. The molecule has 9 nitrogen and oxygen atoms in total. The number of fused-ring (bicyclic) bond motifs is 2. The summed E-state index contributed by atoms with van der Waals surface area (Å²) in [5.74, 6) is 1.21. The van der Waals surface area contributed by atoms with Crippen molar-refractivity contribution in [1.82, 2.24) is 29.4 Å². The number of nitrogen functional groups attached to an aromatic ring is 1. The maximum Gasteiger partial charge on any atom is 0.245 e. The molecule has 1 amide bonds. The summed E-state index contributed by atoms with van der Waals surface area (Å²) in [6.45, 7) is 5.00. The van der Waals surface area contributed by atoms with Gasteiger partial charge in [0.25, 0.3) is 0 Å². The number of aryl methyl sites for hydroxylation is 2. The Labute approximate surface area is 245 Å². The second-order valence-electron chi connectivity index (χ2n) is 10.7. The van der Waals surface area contributed by atoms with Gasteiger partial charge in [-0.25, -0.2) is 15.0 Å². The first-order valence-electron chi connectivity index (χ1n) is 14.3. The first-order valence-corrected chi connectivity index (χ1v) is 14.3. The largest absolute Gasteiger partial charge is 0.383 e. The van der Waals surface area contributed by atoms with Gasteiger partial charge in [0.2, 0.25) is 5.91 Å². The Bertz CT molecular complexity index is 1740. The van der Waals surface area contributed by atoms with Crippen LogP contribution in [0, 0.1) is 0 Å². The monoisotopic (exact) mass is 558 g/mol. The molecule has 7 rings (SSSR count). The summed E-state index contributed by atoms with van der Waals surface area (Å²) in [6, 6.07) is 18.6. The molecule has 1 saturated heterocycles. The Morgan fingerprint density at radius 3 is 2.52 bits per heavy atom. The first kappa shape index (κ1) is 27.3. The molecule has 0 bridgehead atoms. The number of rotatable bonds is 4. The summed E-state index contributed by atoms with van der Waals surface area (Å²) >= 11 is 0. The van der Waals surface area contributed by atoms with E-state index in [1.54, 1.807) is 17.3 Å². The lowest BCUT2D eigenvalue weighted by molar-refractivity contribution is -0.126. The van der Waals surface area contributed by atoms with E-state index >= 15 is 0 Å². The fourth-order valence-electron chi connectivity index (χ4n) is 5.62. The lowest BCUT2D eigenvalue weighted by Crippen LogP contribution is -2.42. The smallest absolute Gasteiger partial charge is 0.245 e. The number of nitrogens with two attached hydrogens (primary N) is 2. The van der Waals surface area contributed by atoms with Gasteiger partial charge in [0.05, 0.1) is 11.3 Å². The number of likely N-dealkylation sites (tertiary alicyclic amines) is 1. The quantitative estimate of drug-likeness (QED) is 0.305. The molecule has 0 saturated carbocycles. The number of benzene rings is 1. The van der Waals surface area contributed by atoms with Crippen molar-refractivity contribution in [2.24, 2.45) is 5.73 Å². The molecule has 2 aliphatic rings. The number of hydrogen-bond donors (Lipinski definition) is 2. The van der Waals surface area contributed by atoms with Crippen LogP contribution in [0.4, 0.5) is 5.82 Å². The third kappa shape index (κ3) is 5.51. The summed E-state index contributed by atoms with van der Waals surface area (Å²) in [5, 5.41) is 0. The van der Waals surface area contributed by atoms with E-state index in [1.807, 2.05) is 42.6 Å². The van der Waals surface area contributed by atoms with E-state index in [1.165, 1.54) is 23.6 Å². The van der Waals surface area contributed by atoms with Crippen molar-refractivity contribution in [2.75, 3.05) is 18.8 Å². The third-order valence-corrected chi connectivity index (χ3v) is 7.90. The van der Waals surface area contributed by atoms with Gasteiger partial charge in [0, 0.05) is 49.0 Å². The Hall–Kier alpha value is -4.89. The minimum atomic E-state index is 0.0249. The van der Waals surface area contributed by atoms with Crippen LogP contribution in [0.2, 0.25) is 0 Å². The minimum Gasteiger partial charge on any atom is -0.383 e. The molecule has 1 aliphatic carbocycles. The average molecular weight is 559 g/mol. The van der Waals surface area contributed by atoms with Crippen molar-refractivity contribution in [3.05, 3.63) is 97.0 Å². The number of carbonyl (C=O) groups excluding carboxylic acids is 1. The number of pyridine rings is 3. The molecule has 5 aromatic rings. The van der Waals surface area contributed by atoms with Crippen LogP contribution in [0.25, 0.3) is 39.5 Å². The second kappa shape index (κ2) is 11.9. The highest BCUT2D eigenvalue weighted by Crippen LogP contribution is 2.33. The number of amides is 1. The lowest BCUT2D eigenvalue weighted by atomic mass is 10.1. The van der Waals surface area contributed by atoms with E-state index in [4.69, 9.17) is 21.4 Å². The molecule has 42 heavy (non-hydrogen) atoms. The summed E-state index contributed by atoms with van der Waals surface area (Å²) in [7, 11) is 0. The number of hydrogen-bond acceptors (Lipinski definition) is 7. The van der Waals surface area contributed by atoms with Gasteiger partial charge in [-0.2, -0.15) is 0 Å². The molecule has 4 aromatic heterocycles. The second-order valence-corrected chi connectivity index (χ2v) is 10.7. The van der Waals surface area contributed by atoms with Crippen LogP contribution in [0.5, 0.6) is 0 Å². The van der Waals surface area contributed by atoms with Gasteiger partial charge < -0.3 is 16.4 Å². The van der Waals surface area contributed by atoms with Crippen molar-refractivity contribution in [3.63, 3.8) is 0 Å². The Morgan fingerprint density at radius 2 is 1.76 bits per heavy atom. The van der Waals surface area contributed by atoms with Gasteiger partial charge in [-0.15, -0.1) is 0 Å². The SMILES string of the molecule is C=CC(=O)N1CCC(N)CC1.Nc1ncccc1-c1nc2cc(-c3ccccn3)cnc2n1-c1ccc2c(c1)CCC2. The van der Waals surface area contributed by atoms with Crippen LogP contribution in [0.1, 0.15) is 30.4 Å². The fourth-order valence-corrected chi connectivity index (χ4v) is 5.62. The molecular formula is C33H34N8O. The summed E-state index contributed by atoms with van der Waals surface area (Å²) in [5.41, 5.74) is 20.0. The average Bonchev–Trinajstić information content (AvgIpc) is 3.66. The highest BCUT2D eigenvalue weighted by atomic mass is 16.2. The molecule has 9 heteroatoms. The van der Waals surface area contributed by atoms with Gasteiger partial charge in [-0.3, -0.25) is 14.3 Å². The fraction of sp³-hybridized carbons (Fsp3) is 0.242. The van der Waals surface area contributed by atoms with Crippen molar-refractivity contribution in [1.29, 1.82) is 0 Å². The highest BCUT2D eigenvalue weighted by Gasteiger charge is 2.21. The molecule has 1 aromatic carbocycles. The molecule has 212 valence electrons. The Morgan fingerprint density at radius 1 is 0.952 bits per heavy atom. The molecule has 0 atom stereocenters. The van der Waals surface area contributed by atoms with E-state index in [0.717, 1.165) is 78.3 Å². The number of imidazole rings is 1. The number of piperidine rings is 1.